The first-order valence-electron chi connectivity index (χ1n) is 5.96. The SMILES string of the molecule is CCCCNC(=NCCCc1ncn[nH]1)NN. The molecule has 0 saturated heterocycles. The van der Waals surface area contributed by atoms with E-state index in [1.165, 1.54) is 6.33 Å². The molecule has 0 amide bonds. The number of aromatic amines is 1. The summed E-state index contributed by atoms with van der Waals surface area (Å²) in [6.07, 6.45) is 5.53. The van der Waals surface area contributed by atoms with Gasteiger partial charge in [-0.05, 0) is 12.8 Å². The Balaban J connectivity index is 2.16. The number of aromatic nitrogens is 3. The van der Waals surface area contributed by atoms with Crippen LogP contribution in [0, 0.1) is 0 Å². The number of aryl methyl sites for hydroxylation is 1. The molecule has 7 nitrogen and oxygen atoms in total. The van der Waals surface area contributed by atoms with Gasteiger partial charge in [0, 0.05) is 19.5 Å². The molecule has 5 N–H and O–H groups in total. The molecule has 0 bridgehead atoms. The van der Waals surface area contributed by atoms with Crippen LogP contribution in [0.2, 0.25) is 0 Å². The number of rotatable bonds is 7. The van der Waals surface area contributed by atoms with Crippen molar-refractivity contribution in [2.75, 3.05) is 13.1 Å². The lowest BCUT2D eigenvalue weighted by Crippen LogP contribution is -2.42. The van der Waals surface area contributed by atoms with Crippen LogP contribution in [0.25, 0.3) is 0 Å². The summed E-state index contributed by atoms with van der Waals surface area (Å²) in [5, 5.41) is 9.74. The maximum Gasteiger partial charge on any atom is 0.205 e. The van der Waals surface area contributed by atoms with Crippen molar-refractivity contribution in [2.45, 2.75) is 32.6 Å². The van der Waals surface area contributed by atoms with Crippen LogP contribution in [-0.2, 0) is 6.42 Å². The molecule has 96 valence electrons. The Kier molecular flexibility index (Phi) is 6.73. The molecule has 1 rings (SSSR count). The van der Waals surface area contributed by atoms with Crippen molar-refractivity contribution < 1.29 is 0 Å². The van der Waals surface area contributed by atoms with E-state index in [-0.39, 0.29) is 0 Å². The number of aliphatic imine (C=N–C) groups is 1. The molecule has 1 heterocycles. The van der Waals surface area contributed by atoms with E-state index in [1.54, 1.807) is 0 Å². The summed E-state index contributed by atoms with van der Waals surface area (Å²) >= 11 is 0. The van der Waals surface area contributed by atoms with Gasteiger partial charge in [0.2, 0.25) is 5.96 Å². The molecule has 0 atom stereocenters. The van der Waals surface area contributed by atoms with Gasteiger partial charge in [0.25, 0.3) is 0 Å². The summed E-state index contributed by atoms with van der Waals surface area (Å²) < 4.78 is 0. The molecule has 0 radical (unpaired) electrons. The van der Waals surface area contributed by atoms with E-state index in [9.17, 15) is 0 Å². The van der Waals surface area contributed by atoms with E-state index < -0.39 is 0 Å². The van der Waals surface area contributed by atoms with Gasteiger partial charge in [-0.1, -0.05) is 13.3 Å². The second kappa shape index (κ2) is 8.51. The van der Waals surface area contributed by atoms with Gasteiger partial charge >= 0.3 is 0 Å². The van der Waals surface area contributed by atoms with Crippen molar-refractivity contribution in [1.29, 1.82) is 0 Å². The van der Waals surface area contributed by atoms with Gasteiger partial charge in [0.05, 0.1) is 0 Å². The van der Waals surface area contributed by atoms with Crippen LogP contribution >= 0.6 is 0 Å². The van der Waals surface area contributed by atoms with Crippen molar-refractivity contribution in [2.24, 2.45) is 10.8 Å². The minimum absolute atomic E-state index is 0.649. The number of nitrogens with zero attached hydrogens (tertiary/aromatic N) is 3. The summed E-state index contributed by atoms with van der Waals surface area (Å²) in [5.41, 5.74) is 2.56. The van der Waals surface area contributed by atoms with Crippen molar-refractivity contribution in [3.8, 4) is 0 Å². The third kappa shape index (κ3) is 5.86. The number of hydrogen-bond donors (Lipinski definition) is 4. The summed E-state index contributed by atoms with van der Waals surface area (Å²) in [6, 6.07) is 0. The zero-order chi connectivity index (χ0) is 12.3. The molecule has 0 unspecified atom stereocenters. The Hall–Kier alpha value is -1.63. The highest BCUT2D eigenvalue weighted by Crippen LogP contribution is 1.93. The molecule has 1 aromatic heterocycles. The van der Waals surface area contributed by atoms with Crippen molar-refractivity contribution in [1.82, 2.24) is 25.9 Å². The van der Waals surface area contributed by atoms with Gasteiger partial charge in [-0.2, -0.15) is 5.10 Å². The monoisotopic (exact) mass is 239 g/mol. The third-order valence-electron chi connectivity index (χ3n) is 2.27. The summed E-state index contributed by atoms with van der Waals surface area (Å²) in [6.45, 7) is 3.74. The number of hydrazine groups is 1. The van der Waals surface area contributed by atoms with Crippen molar-refractivity contribution in [3.05, 3.63) is 12.2 Å². The van der Waals surface area contributed by atoms with E-state index in [0.717, 1.165) is 38.1 Å². The lowest BCUT2D eigenvalue weighted by molar-refractivity contribution is 0.723. The van der Waals surface area contributed by atoms with Crippen LogP contribution in [0.15, 0.2) is 11.3 Å². The van der Waals surface area contributed by atoms with Crippen LogP contribution in [-0.4, -0.2) is 34.2 Å². The highest BCUT2D eigenvalue weighted by Gasteiger charge is 1.96. The molecular weight excluding hydrogens is 218 g/mol. The van der Waals surface area contributed by atoms with Crippen LogP contribution < -0.4 is 16.6 Å². The fraction of sp³-hybridized carbons (Fsp3) is 0.700. The zero-order valence-electron chi connectivity index (χ0n) is 10.2. The van der Waals surface area contributed by atoms with E-state index in [0.29, 0.717) is 12.5 Å². The van der Waals surface area contributed by atoms with E-state index in [1.807, 2.05) is 0 Å². The quantitative estimate of drug-likeness (QED) is 0.175. The molecule has 0 aromatic carbocycles. The van der Waals surface area contributed by atoms with Crippen molar-refractivity contribution in [3.63, 3.8) is 0 Å². The topological polar surface area (TPSA) is 104 Å². The fourth-order valence-electron chi connectivity index (χ4n) is 1.32. The molecular formula is C10H21N7. The van der Waals surface area contributed by atoms with E-state index in [2.05, 4.69) is 37.8 Å². The zero-order valence-corrected chi connectivity index (χ0v) is 10.2. The van der Waals surface area contributed by atoms with Crippen LogP contribution in [0.1, 0.15) is 32.0 Å². The highest BCUT2D eigenvalue weighted by molar-refractivity contribution is 5.79. The summed E-state index contributed by atoms with van der Waals surface area (Å²) in [7, 11) is 0. The van der Waals surface area contributed by atoms with Gasteiger partial charge in [-0.15, -0.1) is 0 Å². The van der Waals surface area contributed by atoms with E-state index >= 15 is 0 Å². The molecule has 7 heteroatoms. The second-order valence-electron chi connectivity index (χ2n) is 3.69. The lowest BCUT2D eigenvalue weighted by Gasteiger charge is -2.07. The van der Waals surface area contributed by atoms with Crippen LogP contribution in [0.3, 0.4) is 0 Å². The van der Waals surface area contributed by atoms with Gasteiger partial charge in [-0.3, -0.25) is 15.5 Å². The average molecular weight is 239 g/mol. The Morgan fingerprint density at radius 2 is 2.41 bits per heavy atom. The Morgan fingerprint density at radius 3 is 3.06 bits per heavy atom. The number of nitrogens with one attached hydrogen (secondary N) is 3. The van der Waals surface area contributed by atoms with Crippen LogP contribution in [0.4, 0.5) is 0 Å². The third-order valence-corrected chi connectivity index (χ3v) is 2.27. The normalized spacial score (nSPS) is 11.5. The Morgan fingerprint density at radius 1 is 1.53 bits per heavy atom. The van der Waals surface area contributed by atoms with Crippen LogP contribution in [0.5, 0.6) is 0 Å². The number of H-pyrrole nitrogens is 1. The summed E-state index contributed by atoms with van der Waals surface area (Å²) in [4.78, 5) is 8.36. The van der Waals surface area contributed by atoms with Gasteiger partial charge in [-0.25, -0.2) is 10.8 Å². The number of guanidine groups is 1. The molecule has 17 heavy (non-hydrogen) atoms. The first-order chi connectivity index (χ1) is 8.36. The van der Waals surface area contributed by atoms with Crippen molar-refractivity contribution >= 4 is 5.96 Å². The first kappa shape index (κ1) is 13.4. The second-order valence-corrected chi connectivity index (χ2v) is 3.69. The molecule has 0 aliphatic carbocycles. The molecule has 0 aliphatic rings. The number of hydrogen-bond acceptors (Lipinski definition) is 4. The largest absolute Gasteiger partial charge is 0.355 e. The predicted molar refractivity (Wildman–Crippen MR) is 67.2 cm³/mol. The summed E-state index contributed by atoms with van der Waals surface area (Å²) in [5.74, 6) is 6.90. The maximum absolute atomic E-state index is 5.36. The molecule has 0 aliphatic heterocycles. The Labute approximate surface area is 101 Å². The molecule has 0 fully saturated rings. The molecule has 0 spiro atoms. The highest BCUT2D eigenvalue weighted by atomic mass is 15.3. The average Bonchev–Trinajstić information content (AvgIpc) is 2.85. The standard InChI is InChI=1S/C10H21N7/c1-2-3-6-12-10(16-11)13-7-4-5-9-14-8-15-17-9/h8H,2-7,11H2,1H3,(H2,12,13,16)(H,14,15,17). The van der Waals surface area contributed by atoms with Gasteiger partial charge < -0.3 is 5.32 Å². The first-order valence-corrected chi connectivity index (χ1v) is 5.96. The predicted octanol–water partition coefficient (Wildman–Crippen LogP) is -0.0537. The molecule has 1 aromatic rings. The number of unbranched alkanes of at least 4 members (excludes halogenated alkanes) is 1. The molecule has 0 saturated carbocycles. The Bertz CT molecular complexity index is 306. The van der Waals surface area contributed by atoms with E-state index in [4.69, 9.17) is 5.84 Å². The maximum atomic E-state index is 5.36. The lowest BCUT2D eigenvalue weighted by atomic mass is 10.3. The fourth-order valence-corrected chi connectivity index (χ4v) is 1.32. The number of nitrogens with two attached hydrogens (primary N) is 1. The van der Waals surface area contributed by atoms with Gasteiger partial charge in [0.15, 0.2) is 0 Å². The minimum Gasteiger partial charge on any atom is -0.355 e. The van der Waals surface area contributed by atoms with Gasteiger partial charge in [0.1, 0.15) is 12.2 Å². The smallest absolute Gasteiger partial charge is 0.205 e. The minimum atomic E-state index is 0.649.